The first-order valence-electron chi connectivity index (χ1n) is 5.08. The van der Waals surface area contributed by atoms with E-state index in [4.69, 9.17) is 0 Å². The molecule has 0 spiro atoms. The first-order chi connectivity index (χ1) is 8.47. The summed E-state index contributed by atoms with van der Waals surface area (Å²) >= 11 is 1.47. The van der Waals surface area contributed by atoms with Gasteiger partial charge in [0.1, 0.15) is 5.82 Å². The van der Waals surface area contributed by atoms with Crippen LogP contribution in [0.5, 0.6) is 0 Å². The van der Waals surface area contributed by atoms with Gasteiger partial charge in [0.2, 0.25) is 0 Å². The van der Waals surface area contributed by atoms with Crippen LogP contribution in [0.15, 0.2) is 35.0 Å². The molecule has 2 aromatic rings. The number of halogens is 4. The highest BCUT2D eigenvalue weighted by Gasteiger charge is 2.31. The molecule has 18 heavy (non-hydrogen) atoms. The summed E-state index contributed by atoms with van der Waals surface area (Å²) in [6, 6.07) is 4.15. The quantitative estimate of drug-likeness (QED) is 0.812. The zero-order chi connectivity index (χ0) is 13.2. The van der Waals surface area contributed by atoms with E-state index in [0.29, 0.717) is 6.54 Å². The molecular formula is C12H9F4NS. The monoisotopic (exact) mass is 275 g/mol. The van der Waals surface area contributed by atoms with Gasteiger partial charge in [0.05, 0.1) is 11.3 Å². The third-order valence-electron chi connectivity index (χ3n) is 2.36. The molecule has 1 aromatic heterocycles. The smallest absolute Gasteiger partial charge is 0.379 e. The average Bonchev–Trinajstić information content (AvgIpc) is 2.79. The zero-order valence-electron chi connectivity index (χ0n) is 9.09. The van der Waals surface area contributed by atoms with Crippen molar-refractivity contribution in [2.75, 3.05) is 5.32 Å². The van der Waals surface area contributed by atoms with Crippen molar-refractivity contribution in [2.24, 2.45) is 0 Å². The Balaban J connectivity index is 2.16. The molecule has 0 radical (unpaired) electrons. The van der Waals surface area contributed by atoms with Crippen molar-refractivity contribution in [3.63, 3.8) is 0 Å². The van der Waals surface area contributed by atoms with Gasteiger partial charge in [-0.3, -0.25) is 0 Å². The number of nitrogens with one attached hydrogen (secondary N) is 1. The van der Waals surface area contributed by atoms with E-state index in [1.165, 1.54) is 11.3 Å². The van der Waals surface area contributed by atoms with Crippen molar-refractivity contribution in [1.29, 1.82) is 0 Å². The van der Waals surface area contributed by atoms with Crippen LogP contribution in [0.1, 0.15) is 11.1 Å². The number of hydrogen-bond acceptors (Lipinski definition) is 2. The molecule has 1 heterocycles. The van der Waals surface area contributed by atoms with Crippen LogP contribution < -0.4 is 5.32 Å². The lowest BCUT2D eigenvalue weighted by atomic mass is 10.2. The number of hydrogen-bond donors (Lipinski definition) is 1. The number of thiophene rings is 1. The molecule has 96 valence electrons. The lowest BCUT2D eigenvalue weighted by molar-refractivity contribution is -0.137. The molecule has 0 unspecified atom stereocenters. The fourth-order valence-electron chi connectivity index (χ4n) is 1.43. The average molecular weight is 275 g/mol. The predicted octanol–water partition coefficient (Wildman–Crippen LogP) is 4.52. The molecule has 0 aliphatic heterocycles. The van der Waals surface area contributed by atoms with Crippen molar-refractivity contribution in [1.82, 2.24) is 0 Å². The van der Waals surface area contributed by atoms with Crippen molar-refractivity contribution in [3.8, 4) is 0 Å². The Morgan fingerprint density at radius 1 is 1.17 bits per heavy atom. The van der Waals surface area contributed by atoms with Crippen LogP contribution in [0.2, 0.25) is 0 Å². The number of anilines is 1. The molecule has 1 nitrogen and oxygen atoms in total. The fourth-order valence-corrected chi connectivity index (χ4v) is 2.10. The molecule has 0 fully saturated rings. The van der Waals surface area contributed by atoms with Gasteiger partial charge in [-0.25, -0.2) is 4.39 Å². The van der Waals surface area contributed by atoms with E-state index < -0.39 is 17.6 Å². The normalized spacial score (nSPS) is 11.6. The topological polar surface area (TPSA) is 12.0 Å². The van der Waals surface area contributed by atoms with E-state index in [0.717, 1.165) is 23.8 Å². The highest BCUT2D eigenvalue weighted by molar-refractivity contribution is 7.07. The van der Waals surface area contributed by atoms with Gasteiger partial charge in [-0.2, -0.15) is 24.5 Å². The van der Waals surface area contributed by atoms with Crippen LogP contribution >= 0.6 is 11.3 Å². The van der Waals surface area contributed by atoms with E-state index in [1.54, 1.807) is 0 Å². The molecule has 0 atom stereocenters. The molecule has 0 aliphatic carbocycles. The summed E-state index contributed by atoms with van der Waals surface area (Å²) in [5.41, 5.74) is -0.107. The molecule has 6 heteroatoms. The summed E-state index contributed by atoms with van der Waals surface area (Å²) in [5, 5.41) is 6.35. The third-order valence-corrected chi connectivity index (χ3v) is 3.09. The Morgan fingerprint density at radius 3 is 2.56 bits per heavy atom. The standard InChI is InChI=1S/C12H9F4NS/c13-10-2-1-9(12(14,15)16)5-11(10)17-6-8-3-4-18-7-8/h1-5,7,17H,6H2. The summed E-state index contributed by atoms with van der Waals surface area (Å²) in [5.74, 6) is -0.696. The SMILES string of the molecule is Fc1ccc(C(F)(F)F)cc1NCc1ccsc1. The number of benzene rings is 1. The van der Waals surface area contributed by atoms with Crippen LogP contribution in [0.3, 0.4) is 0 Å². The van der Waals surface area contributed by atoms with E-state index in [2.05, 4.69) is 5.32 Å². The van der Waals surface area contributed by atoms with Crippen molar-refractivity contribution >= 4 is 17.0 Å². The van der Waals surface area contributed by atoms with Gasteiger partial charge in [0, 0.05) is 6.54 Å². The molecule has 1 aromatic carbocycles. The second-order valence-electron chi connectivity index (χ2n) is 3.68. The van der Waals surface area contributed by atoms with E-state index >= 15 is 0 Å². The maximum atomic E-state index is 13.4. The number of rotatable bonds is 3. The van der Waals surface area contributed by atoms with Crippen LogP contribution in [0, 0.1) is 5.82 Å². The van der Waals surface area contributed by atoms with Crippen LogP contribution in [-0.2, 0) is 12.7 Å². The number of alkyl halides is 3. The second-order valence-corrected chi connectivity index (χ2v) is 4.46. The lowest BCUT2D eigenvalue weighted by Gasteiger charge is -2.11. The molecule has 1 N–H and O–H groups in total. The molecule has 0 bridgehead atoms. The Labute approximate surface area is 105 Å². The largest absolute Gasteiger partial charge is 0.416 e. The summed E-state index contributed by atoms with van der Waals surface area (Å²) in [4.78, 5) is 0. The molecular weight excluding hydrogens is 266 g/mol. The lowest BCUT2D eigenvalue weighted by Crippen LogP contribution is -2.07. The second kappa shape index (κ2) is 4.97. The maximum absolute atomic E-state index is 13.4. The van der Waals surface area contributed by atoms with Crippen LogP contribution in [-0.4, -0.2) is 0 Å². The summed E-state index contributed by atoms with van der Waals surface area (Å²) in [6.45, 7) is 0.293. The maximum Gasteiger partial charge on any atom is 0.416 e. The predicted molar refractivity (Wildman–Crippen MR) is 63.0 cm³/mol. The zero-order valence-corrected chi connectivity index (χ0v) is 9.91. The van der Waals surface area contributed by atoms with Gasteiger partial charge < -0.3 is 5.32 Å². The van der Waals surface area contributed by atoms with Crippen LogP contribution in [0.25, 0.3) is 0 Å². The van der Waals surface area contributed by atoms with Gasteiger partial charge in [-0.1, -0.05) is 0 Å². The van der Waals surface area contributed by atoms with Crippen molar-refractivity contribution in [2.45, 2.75) is 12.7 Å². The van der Waals surface area contributed by atoms with Crippen molar-refractivity contribution in [3.05, 3.63) is 52.0 Å². The Bertz CT molecular complexity index is 519. The van der Waals surface area contributed by atoms with Gasteiger partial charge in [0.25, 0.3) is 0 Å². The van der Waals surface area contributed by atoms with Gasteiger partial charge in [0.15, 0.2) is 0 Å². The molecule has 0 amide bonds. The minimum atomic E-state index is -4.47. The van der Waals surface area contributed by atoms with Gasteiger partial charge in [-0.05, 0) is 40.6 Å². The highest BCUT2D eigenvalue weighted by Crippen LogP contribution is 2.31. The molecule has 0 saturated heterocycles. The Hall–Kier alpha value is -1.56. The Kier molecular flexibility index (Phi) is 3.56. The highest BCUT2D eigenvalue weighted by atomic mass is 32.1. The fraction of sp³-hybridized carbons (Fsp3) is 0.167. The summed E-state index contributed by atoms with van der Waals surface area (Å²) < 4.78 is 50.8. The Morgan fingerprint density at radius 2 is 1.94 bits per heavy atom. The minimum absolute atomic E-state index is 0.143. The first-order valence-corrected chi connectivity index (χ1v) is 6.03. The third kappa shape index (κ3) is 3.01. The van der Waals surface area contributed by atoms with Gasteiger partial charge >= 0.3 is 6.18 Å². The first kappa shape index (κ1) is 12.9. The molecule has 0 aliphatic rings. The summed E-state index contributed by atoms with van der Waals surface area (Å²) in [7, 11) is 0. The summed E-state index contributed by atoms with van der Waals surface area (Å²) in [6.07, 6.45) is -4.47. The van der Waals surface area contributed by atoms with E-state index in [-0.39, 0.29) is 5.69 Å². The molecule has 2 rings (SSSR count). The van der Waals surface area contributed by atoms with Crippen molar-refractivity contribution < 1.29 is 17.6 Å². The minimum Gasteiger partial charge on any atom is -0.379 e. The van der Waals surface area contributed by atoms with Gasteiger partial charge in [-0.15, -0.1) is 0 Å². The molecule has 0 saturated carbocycles. The van der Waals surface area contributed by atoms with E-state index in [9.17, 15) is 17.6 Å². The van der Waals surface area contributed by atoms with Crippen LogP contribution in [0.4, 0.5) is 23.2 Å². The van der Waals surface area contributed by atoms with E-state index in [1.807, 2.05) is 16.8 Å².